The monoisotopic (exact) mass is 393 g/mol. The zero-order chi connectivity index (χ0) is 18.4. The summed E-state index contributed by atoms with van der Waals surface area (Å²) in [4.78, 5) is 0.585. The molecule has 25 heavy (non-hydrogen) atoms. The van der Waals surface area contributed by atoms with E-state index in [4.69, 9.17) is 0 Å². The van der Waals surface area contributed by atoms with Crippen LogP contribution < -0.4 is 0 Å². The minimum Gasteiger partial charge on any atom is -0.382 e. The molecule has 0 bridgehead atoms. The van der Waals surface area contributed by atoms with Gasteiger partial charge in [0.15, 0.2) is 6.10 Å². The van der Waals surface area contributed by atoms with Crippen LogP contribution in [0.3, 0.4) is 0 Å². The zero-order valence-corrected chi connectivity index (χ0v) is 15.1. The third-order valence-electron chi connectivity index (χ3n) is 4.48. The third kappa shape index (κ3) is 3.30. The van der Waals surface area contributed by atoms with Gasteiger partial charge in [-0.2, -0.15) is 17.5 Å². The summed E-state index contributed by atoms with van der Waals surface area (Å²) in [5, 5.41) is 10.2. The van der Waals surface area contributed by atoms with E-state index in [0.717, 1.165) is 9.01 Å². The number of rotatable bonds is 3. The second-order valence-electron chi connectivity index (χ2n) is 6.15. The van der Waals surface area contributed by atoms with Gasteiger partial charge in [-0.15, -0.1) is 11.3 Å². The number of aliphatic hydroxyl groups is 1. The van der Waals surface area contributed by atoms with Gasteiger partial charge in [-0.1, -0.05) is 24.6 Å². The van der Waals surface area contributed by atoms with Crippen molar-refractivity contribution in [3.63, 3.8) is 0 Å². The van der Waals surface area contributed by atoms with E-state index in [2.05, 4.69) is 0 Å². The van der Waals surface area contributed by atoms with Gasteiger partial charge in [0.25, 0.3) is 0 Å². The molecule has 4 nitrogen and oxygen atoms in total. The van der Waals surface area contributed by atoms with E-state index < -0.39 is 28.3 Å². The van der Waals surface area contributed by atoms with Crippen LogP contribution >= 0.6 is 11.3 Å². The topological polar surface area (TPSA) is 57.6 Å². The maximum absolute atomic E-state index is 13.2. The lowest BCUT2D eigenvalue weighted by atomic mass is 9.99. The van der Waals surface area contributed by atoms with E-state index in [9.17, 15) is 26.7 Å². The molecule has 1 N–H and O–H groups in total. The Kier molecular flexibility index (Phi) is 4.87. The Hall–Kier alpha value is -1.16. The van der Waals surface area contributed by atoms with Crippen molar-refractivity contribution in [2.24, 2.45) is 0 Å². The summed E-state index contributed by atoms with van der Waals surface area (Å²) < 4.78 is 67.0. The van der Waals surface area contributed by atoms with E-state index in [1.165, 1.54) is 11.3 Å². The number of aliphatic hydroxyl groups excluding tert-OH is 1. The van der Waals surface area contributed by atoms with Gasteiger partial charge >= 0.3 is 6.18 Å². The van der Waals surface area contributed by atoms with Crippen LogP contribution in [-0.2, 0) is 10.0 Å². The van der Waals surface area contributed by atoms with E-state index in [1.807, 2.05) is 0 Å². The fraction of sp³-hybridized carbons (Fsp3) is 0.500. The first-order valence-corrected chi connectivity index (χ1v) is 10.1. The molecule has 2 atom stereocenters. The molecule has 138 valence electrons. The van der Waals surface area contributed by atoms with E-state index >= 15 is 0 Å². The number of alkyl halides is 3. The van der Waals surface area contributed by atoms with Crippen molar-refractivity contribution in [3.05, 3.63) is 29.1 Å². The van der Waals surface area contributed by atoms with Gasteiger partial charge in [-0.25, -0.2) is 8.42 Å². The lowest BCUT2D eigenvalue weighted by molar-refractivity contribution is -0.219. The fourth-order valence-electron chi connectivity index (χ4n) is 3.34. The van der Waals surface area contributed by atoms with Crippen molar-refractivity contribution in [1.29, 1.82) is 0 Å². The van der Waals surface area contributed by atoms with Crippen LogP contribution in [0, 0.1) is 6.92 Å². The highest BCUT2D eigenvalue weighted by Gasteiger charge is 2.49. The Morgan fingerprint density at radius 1 is 1.28 bits per heavy atom. The van der Waals surface area contributed by atoms with Crippen LogP contribution in [0.1, 0.15) is 24.1 Å². The predicted molar refractivity (Wildman–Crippen MR) is 90.2 cm³/mol. The number of hydrogen-bond acceptors (Lipinski definition) is 4. The minimum absolute atomic E-state index is 0.0129. The number of aryl methyl sites for hydroxylation is 1. The molecule has 1 aliphatic heterocycles. The molecular formula is C16H18F3NO3S2. The number of benzene rings is 1. The molecule has 2 aromatic rings. The van der Waals surface area contributed by atoms with Crippen LogP contribution in [-0.4, -0.2) is 42.7 Å². The molecular weight excluding hydrogens is 375 g/mol. The first kappa shape index (κ1) is 18.6. The smallest absolute Gasteiger partial charge is 0.382 e. The van der Waals surface area contributed by atoms with E-state index in [0.29, 0.717) is 23.1 Å². The summed E-state index contributed by atoms with van der Waals surface area (Å²) in [6, 6.07) is 5.43. The zero-order valence-electron chi connectivity index (χ0n) is 13.5. The number of piperidine rings is 1. The molecule has 9 heteroatoms. The molecule has 3 rings (SSSR count). The number of thiophene rings is 1. The Bertz CT molecular complexity index is 876. The summed E-state index contributed by atoms with van der Waals surface area (Å²) >= 11 is 1.29. The number of sulfonamides is 1. The molecule has 1 aliphatic rings. The van der Waals surface area contributed by atoms with Crippen LogP contribution in [0.15, 0.2) is 29.2 Å². The van der Waals surface area contributed by atoms with Crippen LogP contribution in [0.25, 0.3) is 10.1 Å². The molecule has 0 spiro atoms. The summed E-state index contributed by atoms with van der Waals surface area (Å²) in [6.07, 6.45) is -6.63. The second-order valence-corrected chi connectivity index (χ2v) is 9.23. The molecule has 1 saturated heterocycles. The van der Waals surface area contributed by atoms with Gasteiger partial charge in [-0.3, -0.25) is 0 Å². The van der Waals surface area contributed by atoms with Crippen molar-refractivity contribution in [2.45, 2.75) is 49.4 Å². The molecule has 0 aliphatic carbocycles. The maximum Gasteiger partial charge on any atom is 0.415 e. The van der Waals surface area contributed by atoms with Crippen LogP contribution in [0.4, 0.5) is 13.2 Å². The maximum atomic E-state index is 13.2. The molecule has 1 aromatic heterocycles. The third-order valence-corrected chi connectivity index (χ3v) is 7.81. The molecule has 0 unspecified atom stereocenters. The van der Waals surface area contributed by atoms with Crippen LogP contribution in [0.2, 0.25) is 0 Å². The van der Waals surface area contributed by atoms with Crippen molar-refractivity contribution < 1.29 is 26.7 Å². The van der Waals surface area contributed by atoms with Crippen molar-refractivity contribution >= 4 is 31.4 Å². The molecule has 1 fully saturated rings. The molecule has 0 saturated carbocycles. The predicted octanol–water partition coefficient (Wildman–Crippen LogP) is 3.68. The first-order chi connectivity index (χ1) is 11.6. The number of fused-ring (bicyclic) bond motifs is 1. The average molecular weight is 393 g/mol. The van der Waals surface area contributed by atoms with E-state index in [1.54, 1.807) is 31.2 Å². The van der Waals surface area contributed by atoms with Gasteiger partial charge in [-0.05, 0) is 25.8 Å². The van der Waals surface area contributed by atoms with Crippen molar-refractivity contribution in [3.8, 4) is 0 Å². The minimum atomic E-state index is -4.86. The Labute approximate surface area is 147 Å². The van der Waals surface area contributed by atoms with Crippen molar-refractivity contribution in [1.82, 2.24) is 4.31 Å². The molecule has 0 radical (unpaired) electrons. The fourth-order valence-corrected chi connectivity index (χ4v) is 6.81. The lowest BCUT2D eigenvalue weighted by Gasteiger charge is -2.37. The van der Waals surface area contributed by atoms with Crippen LogP contribution in [0.5, 0.6) is 0 Å². The Morgan fingerprint density at radius 2 is 1.96 bits per heavy atom. The molecule has 2 heterocycles. The quantitative estimate of drug-likeness (QED) is 0.866. The summed E-state index contributed by atoms with van der Waals surface area (Å²) in [6.45, 7) is 1.63. The summed E-state index contributed by atoms with van der Waals surface area (Å²) in [5.41, 5.74) is 0. The SMILES string of the molecule is Cc1sc2ccccc2c1S(=O)(=O)N1CCCC[C@@H]1[C@H](O)C(F)(F)F. The lowest BCUT2D eigenvalue weighted by Crippen LogP contribution is -2.54. The average Bonchev–Trinajstić information content (AvgIpc) is 2.89. The highest BCUT2D eigenvalue weighted by molar-refractivity contribution is 7.89. The van der Waals surface area contributed by atoms with Gasteiger partial charge < -0.3 is 5.11 Å². The Balaban J connectivity index is 2.09. The first-order valence-electron chi connectivity index (χ1n) is 7.89. The Morgan fingerprint density at radius 3 is 2.64 bits per heavy atom. The normalized spacial score (nSPS) is 21.6. The summed E-state index contributed by atoms with van der Waals surface area (Å²) in [7, 11) is -4.15. The van der Waals surface area contributed by atoms with Gasteiger partial charge in [0, 0.05) is 21.5 Å². The number of halogens is 3. The number of hydrogen-bond donors (Lipinski definition) is 1. The van der Waals surface area contributed by atoms with Gasteiger partial charge in [0.2, 0.25) is 10.0 Å². The molecule has 0 amide bonds. The van der Waals surface area contributed by atoms with Gasteiger partial charge in [0.05, 0.1) is 6.04 Å². The van der Waals surface area contributed by atoms with Gasteiger partial charge in [0.1, 0.15) is 4.90 Å². The standard InChI is InChI=1S/C16H18F3NO3S2/c1-10-14(11-6-2-3-8-13(11)24-10)25(22,23)20-9-5-4-7-12(20)15(21)16(17,18)19/h2-3,6,8,12,15,21H,4-5,7,9H2,1H3/t12-,15+/m1/s1. The second kappa shape index (κ2) is 6.53. The summed E-state index contributed by atoms with van der Waals surface area (Å²) in [5.74, 6) is 0. The van der Waals surface area contributed by atoms with Crippen molar-refractivity contribution in [2.75, 3.05) is 6.54 Å². The largest absolute Gasteiger partial charge is 0.415 e. The molecule has 1 aromatic carbocycles. The van der Waals surface area contributed by atoms with E-state index in [-0.39, 0.29) is 17.9 Å². The highest BCUT2D eigenvalue weighted by Crippen LogP contribution is 2.39. The highest BCUT2D eigenvalue weighted by atomic mass is 32.2. The number of nitrogens with zero attached hydrogens (tertiary/aromatic N) is 1.